The molecular formula is C9H19N3O. The van der Waals surface area contributed by atoms with Crippen LogP contribution in [0.5, 0.6) is 0 Å². The number of nitrogens with one attached hydrogen (secondary N) is 1. The van der Waals surface area contributed by atoms with Crippen molar-refractivity contribution in [2.75, 3.05) is 46.8 Å². The molecule has 1 N–H and O–H groups in total. The lowest BCUT2D eigenvalue weighted by Crippen LogP contribution is -2.39. The molecule has 1 rings (SSSR count). The maximum atomic E-state index is 11.6. The molecule has 1 aliphatic heterocycles. The number of likely N-dealkylation sites (N-methyl/N-ethyl adjacent to an activating group) is 1. The Labute approximate surface area is 79.9 Å². The number of hydrogen-bond donors (Lipinski definition) is 1. The summed E-state index contributed by atoms with van der Waals surface area (Å²) in [5, 5.41) is 3.28. The molecule has 0 radical (unpaired) electrons. The summed E-state index contributed by atoms with van der Waals surface area (Å²) in [5.74, 6) is 0.244. The van der Waals surface area contributed by atoms with Crippen molar-refractivity contribution < 1.29 is 4.79 Å². The standard InChI is InChI=1S/C9H19N3O/c1-11(2)8-9(13)12-6-3-4-10-5-7-12/h10H,3-8H2,1-2H3. The first kappa shape index (κ1) is 10.5. The van der Waals surface area contributed by atoms with Gasteiger partial charge in [-0.2, -0.15) is 0 Å². The van der Waals surface area contributed by atoms with Crippen LogP contribution in [-0.2, 0) is 4.79 Å². The van der Waals surface area contributed by atoms with E-state index in [2.05, 4.69) is 5.32 Å². The summed E-state index contributed by atoms with van der Waals surface area (Å²) in [6, 6.07) is 0. The summed E-state index contributed by atoms with van der Waals surface area (Å²) in [6.07, 6.45) is 1.07. The lowest BCUT2D eigenvalue weighted by atomic mass is 10.3. The molecule has 76 valence electrons. The van der Waals surface area contributed by atoms with E-state index in [0.29, 0.717) is 6.54 Å². The van der Waals surface area contributed by atoms with Crippen LogP contribution in [0.15, 0.2) is 0 Å². The third-order valence-corrected chi connectivity index (χ3v) is 2.14. The molecule has 0 atom stereocenters. The van der Waals surface area contributed by atoms with Gasteiger partial charge in [0.25, 0.3) is 0 Å². The highest BCUT2D eigenvalue weighted by atomic mass is 16.2. The van der Waals surface area contributed by atoms with E-state index in [1.165, 1.54) is 0 Å². The molecule has 0 spiro atoms. The average Bonchev–Trinajstić information content (AvgIpc) is 2.29. The van der Waals surface area contributed by atoms with Crippen molar-refractivity contribution in [3.8, 4) is 0 Å². The maximum absolute atomic E-state index is 11.6. The maximum Gasteiger partial charge on any atom is 0.236 e. The van der Waals surface area contributed by atoms with E-state index in [1.54, 1.807) is 0 Å². The summed E-state index contributed by atoms with van der Waals surface area (Å²) >= 11 is 0. The van der Waals surface area contributed by atoms with Crippen LogP contribution in [0.4, 0.5) is 0 Å². The van der Waals surface area contributed by atoms with Gasteiger partial charge in [-0.3, -0.25) is 4.79 Å². The van der Waals surface area contributed by atoms with Crippen LogP contribution in [0.2, 0.25) is 0 Å². The third kappa shape index (κ3) is 3.74. The van der Waals surface area contributed by atoms with Crippen molar-refractivity contribution in [1.29, 1.82) is 0 Å². The predicted molar refractivity (Wildman–Crippen MR) is 52.6 cm³/mol. The lowest BCUT2D eigenvalue weighted by Gasteiger charge is -2.21. The molecule has 0 unspecified atom stereocenters. The minimum atomic E-state index is 0.244. The molecule has 0 aromatic carbocycles. The summed E-state index contributed by atoms with van der Waals surface area (Å²) in [4.78, 5) is 15.5. The van der Waals surface area contributed by atoms with Crippen LogP contribution >= 0.6 is 0 Å². The van der Waals surface area contributed by atoms with Gasteiger partial charge in [0.2, 0.25) is 5.91 Å². The molecule has 1 amide bonds. The average molecular weight is 185 g/mol. The van der Waals surface area contributed by atoms with Gasteiger partial charge >= 0.3 is 0 Å². The van der Waals surface area contributed by atoms with Crippen LogP contribution in [0.25, 0.3) is 0 Å². The van der Waals surface area contributed by atoms with Gasteiger partial charge in [-0.25, -0.2) is 0 Å². The summed E-state index contributed by atoms with van der Waals surface area (Å²) < 4.78 is 0. The van der Waals surface area contributed by atoms with Gasteiger partial charge in [0.15, 0.2) is 0 Å². The van der Waals surface area contributed by atoms with Crippen LogP contribution in [-0.4, -0.2) is 62.5 Å². The van der Waals surface area contributed by atoms with E-state index in [4.69, 9.17) is 0 Å². The van der Waals surface area contributed by atoms with Crippen molar-refractivity contribution in [2.24, 2.45) is 0 Å². The zero-order chi connectivity index (χ0) is 9.68. The van der Waals surface area contributed by atoms with Crippen LogP contribution in [0.1, 0.15) is 6.42 Å². The lowest BCUT2D eigenvalue weighted by molar-refractivity contribution is -0.131. The number of rotatable bonds is 2. The summed E-state index contributed by atoms with van der Waals surface area (Å²) in [7, 11) is 3.85. The number of amides is 1. The van der Waals surface area contributed by atoms with Crippen molar-refractivity contribution in [2.45, 2.75) is 6.42 Å². The van der Waals surface area contributed by atoms with Gasteiger partial charge in [-0.1, -0.05) is 0 Å². The first-order valence-corrected chi connectivity index (χ1v) is 4.83. The fourth-order valence-electron chi connectivity index (χ4n) is 1.47. The molecule has 1 fully saturated rings. The van der Waals surface area contributed by atoms with E-state index < -0.39 is 0 Å². The number of nitrogens with zero attached hydrogens (tertiary/aromatic N) is 2. The van der Waals surface area contributed by atoms with Gasteiger partial charge in [0.05, 0.1) is 6.54 Å². The normalized spacial score (nSPS) is 18.8. The van der Waals surface area contributed by atoms with Gasteiger partial charge in [0.1, 0.15) is 0 Å². The fourth-order valence-corrected chi connectivity index (χ4v) is 1.47. The highest BCUT2D eigenvalue weighted by Gasteiger charge is 2.14. The van der Waals surface area contributed by atoms with E-state index in [0.717, 1.165) is 32.6 Å². The topological polar surface area (TPSA) is 35.6 Å². The molecule has 0 saturated carbocycles. The molecule has 0 aromatic rings. The highest BCUT2D eigenvalue weighted by molar-refractivity contribution is 5.78. The van der Waals surface area contributed by atoms with Gasteiger partial charge in [0, 0.05) is 19.6 Å². The molecule has 0 aromatic heterocycles. The largest absolute Gasteiger partial charge is 0.340 e. The Hall–Kier alpha value is -0.610. The van der Waals surface area contributed by atoms with Gasteiger partial charge in [-0.15, -0.1) is 0 Å². The Morgan fingerprint density at radius 2 is 2.15 bits per heavy atom. The van der Waals surface area contributed by atoms with Crippen molar-refractivity contribution in [3.05, 3.63) is 0 Å². The van der Waals surface area contributed by atoms with Crippen LogP contribution in [0, 0.1) is 0 Å². The zero-order valence-electron chi connectivity index (χ0n) is 8.55. The first-order valence-electron chi connectivity index (χ1n) is 4.83. The minimum absolute atomic E-state index is 0.244. The second-order valence-corrected chi connectivity index (χ2v) is 3.72. The van der Waals surface area contributed by atoms with E-state index in [1.807, 2.05) is 23.9 Å². The number of carbonyl (C=O) groups excluding carboxylic acids is 1. The van der Waals surface area contributed by atoms with Crippen LogP contribution < -0.4 is 5.32 Å². The number of carbonyl (C=O) groups is 1. The molecule has 1 aliphatic rings. The SMILES string of the molecule is CN(C)CC(=O)N1CCCNCC1. The first-order chi connectivity index (χ1) is 6.20. The Balaban J connectivity index is 2.35. The molecule has 1 saturated heterocycles. The molecule has 1 heterocycles. The van der Waals surface area contributed by atoms with Crippen molar-refractivity contribution in [1.82, 2.24) is 15.1 Å². The molecule has 4 nitrogen and oxygen atoms in total. The van der Waals surface area contributed by atoms with E-state index in [-0.39, 0.29) is 5.91 Å². The second-order valence-electron chi connectivity index (χ2n) is 3.72. The van der Waals surface area contributed by atoms with E-state index in [9.17, 15) is 4.79 Å². The Bertz CT molecular complexity index is 162. The molecular weight excluding hydrogens is 166 g/mol. The Morgan fingerprint density at radius 3 is 2.85 bits per heavy atom. The zero-order valence-corrected chi connectivity index (χ0v) is 8.55. The van der Waals surface area contributed by atoms with E-state index >= 15 is 0 Å². The molecule has 13 heavy (non-hydrogen) atoms. The minimum Gasteiger partial charge on any atom is -0.340 e. The van der Waals surface area contributed by atoms with Crippen molar-refractivity contribution in [3.63, 3.8) is 0 Å². The second kappa shape index (κ2) is 5.19. The molecule has 0 aliphatic carbocycles. The highest BCUT2D eigenvalue weighted by Crippen LogP contribution is 1.96. The van der Waals surface area contributed by atoms with Crippen molar-refractivity contribution >= 4 is 5.91 Å². The van der Waals surface area contributed by atoms with Crippen LogP contribution in [0.3, 0.4) is 0 Å². The van der Waals surface area contributed by atoms with Gasteiger partial charge in [-0.05, 0) is 27.1 Å². The Kier molecular flexibility index (Phi) is 4.18. The smallest absolute Gasteiger partial charge is 0.236 e. The third-order valence-electron chi connectivity index (χ3n) is 2.14. The summed E-state index contributed by atoms with van der Waals surface area (Å²) in [6.45, 7) is 4.25. The predicted octanol–water partition coefficient (Wildman–Crippen LogP) is -0.630. The fraction of sp³-hybridized carbons (Fsp3) is 0.889. The quantitative estimate of drug-likeness (QED) is 0.622. The number of hydrogen-bond acceptors (Lipinski definition) is 3. The summed E-state index contributed by atoms with van der Waals surface area (Å²) in [5.41, 5.74) is 0. The Morgan fingerprint density at radius 1 is 1.38 bits per heavy atom. The van der Waals surface area contributed by atoms with Gasteiger partial charge < -0.3 is 15.1 Å². The molecule has 0 bridgehead atoms. The molecule has 4 heteroatoms. The monoisotopic (exact) mass is 185 g/mol.